The van der Waals surface area contributed by atoms with Gasteiger partial charge < -0.3 is 19.9 Å². The minimum Gasteiger partial charge on any atom is -0.396 e. The van der Waals surface area contributed by atoms with Gasteiger partial charge in [0, 0.05) is 43.3 Å². The van der Waals surface area contributed by atoms with Crippen LogP contribution in [0.4, 0.5) is 0 Å². The number of aromatic nitrogens is 1. The largest absolute Gasteiger partial charge is 0.396 e. The molecule has 1 saturated carbocycles. The lowest BCUT2D eigenvalue weighted by Crippen LogP contribution is -2.49. The quantitative estimate of drug-likeness (QED) is 0.725. The lowest BCUT2D eigenvalue weighted by molar-refractivity contribution is -0.137. The predicted octanol–water partition coefficient (Wildman–Crippen LogP) is 1.42. The van der Waals surface area contributed by atoms with E-state index in [0.29, 0.717) is 24.6 Å². The second-order valence-electron chi connectivity index (χ2n) is 10.1. The van der Waals surface area contributed by atoms with Crippen LogP contribution < -0.4 is 10.9 Å². The maximum Gasteiger partial charge on any atom is 0.250 e. The summed E-state index contributed by atoms with van der Waals surface area (Å²) in [5.41, 5.74) is 3.09. The standard InChI is InChI=1S/C26H29N3O4/c30-14-19-21-13-28-20(6-3-7-22(28)31)25(29(21)23(32)10-15-8-9-15)24(19)26(33)27-18-11-16-4-1-2-5-17(16)12-18/h1-7,15,18-19,21,24-25,30H,8-14H2,(H,27,33)/t19-,21-,24+,25+/m1/s1. The third-order valence-corrected chi connectivity index (χ3v) is 8.07. The van der Waals surface area contributed by atoms with Crippen molar-refractivity contribution in [1.29, 1.82) is 0 Å². The highest BCUT2D eigenvalue weighted by molar-refractivity contribution is 5.85. The number of carbonyl (C=O) groups excluding carboxylic acids is 2. The van der Waals surface area contributed by atoms with Crippen molar-refractivity contribution in [2.45, 2.75) is 56.8 Å². The topological polar surface area (TPSA) is 91.6 Å². The number of aliphatic hydroxyl groups excluding tert-OH is 1. The lowest BCUT2D eigenvalue weighted by Gasteiger charge is -2.38. The van der Waals surface area contributed by atoms with Crippen molar-refractivity contribution < 1.29 is 14.7 Å². The molecule has 6 rings (SSSR count). The molecule has 2 aromatic rings. The molecule has 0 unspecified atom stereocenters. The molecule has 1 aromatic heterocycles. The fourth-order valence-corrected chi connectivity index (χ4v) is 6.33. The van der Waals surface area contributed by atoms with Crippen LogP contribution in [0.15, 0.2) is 47.3 Å². The first-order valence-electron chi connectivity index (χ1n) is 12.0. The number of amides is 2. The number of nitrogens with one attached hydrogen (secondary N) is 1. The Morgan fingerprint density at radius 3 is 2.42 bits per heavy atom. The van der Waals surface area contributed by atoms with E-state index in [1.54, 1.807) is 10.6 Å². The molecule has 4 aliphatic rings. The molecule has 33 heavy (non-hydrogen) atoms. The van der Waals surface area contributed by atoms with Gasteiger partial charge in [0.2, 0.25) is 11.8 Å². The zero-order chi connectivity index (χ0) is 22.7. The fourth-order valence-electron chi connectivity index (χ4n) is 6.33. The van der Waals surface area contributed by atoms with E-state index in [9.17, 15) is 19.5 Å². The molecule has 0 spiro atoms. The van der Waals surface area contributed by atoms with Gasteiger partial charge in [0.25, 0.3) is 5.56 Å². The Kier molecular flexibility index (Phi) is 4.91. The van der Waals surface area contributed by atoms with Crippen LogP contribution in [0.5, 0.6) is 0 Å². The van der Waals surface area contributed by atoms with Gasteiger partial charge in [-0.1, -0.05) is 30.3 Å². The normalized spacial score (nSPS) is 27.8. The van der Waals surface area contributed by atoms with Crippen molar-refractivity contribution in [2.24, 2.45) is 17.8 Å². The number of hydrogen-bond donors (Lipinski definition) is 2. The number of hydrogen-bond acceptors (Lipinski definition) is 4. The molecular formula is C26H29N3O4. The number of nitrogens with zero attached hydrogens (tertiary/aromatic N) is 2. The third kappa shape index (κ3) is 3.41. The summed E-state index contributed by atoms with van der Waals surface area (Å²) in [4.78, 5) is 41.5. The molecule has 2 N–H and O–H groups in total. The summed E-state index contributed by atoms with van der Waals surface area (Å²) in [7, 11) is 0. The van der Waals surface area contributed by atoms with Crippen LogP contribution in [0.3, 0.4) is 0 Å². The number of benzene rings is 1. The zero-order valence-electron chi connectivity index (χ0n) is 18.5. The van der Waals surface area contributed by atoms with Crippen LogP contribution in [-0.4, -0.2) is 45.1 Å². The highest BCUT2D eigenvalue weighted by atomic mass is 16.3. The summed E-state index contributed by atoms with van der Waals surface area (Å²) in [6.07, 6.45) is 4.19. The molecule has 2 aliphatic carbocycles. The summed E-state index contributed by atoms with van der Waals surface area (Å²) < 4.78 is 1.69. The molecule has 0 radical (unpaired) electrons. The number of pyridine rings is 1. The SMILES string of the molecule is O=C(NC1Cc2ccccc2C1)[C@H]1[C@H](CO)[C@H]2Cn3c(cccc3=O)[C@@H]1N2C(=O)CC1CC1. The summed E-state index contributed by atoms with van der Waals surface area (Å²) in [6.45, 7) is 0.131. The van der Waals surface area contributed by atoms with Crippen molar-refractivity contribution in [3.05, 3.63) is 69.6 Å². The molecule has 2 bridgehead atoms. The van der Waals surface area contributed by atoms with Crippen molar-refractivity contribution in [2.75, 3.05) is 6.61 Å². The second-order valence-corrected chi connectivity index (χ2v) is 10.1. The van der Waals surface area contributed by atoms with Crippen molar-refractivity contribution >= 4 is 11.8 Å². The van der Waals surface area contributed by atoms with E-state index in [0.717, 1.165) is 25.7 Å². The Hall–Kier alpha value is -2.93. The number of rotatable bonds is 5. The van der Waals surface area contributed by atoms with Gasteiger partial charge in [-0.15, -0.1) is 0 Å². The molecule has 1 aromatic carbocycles. The van der Waals surface area contributed by atoms with E-state index in [2.05, 4.69) is 17.4 Å². The van der Waals surface area contributed by atoms with Crippen LogP contribution in [0.2, 0.25) is 0 Å². The monoisotopic (exact) mass is 447 g/mol. The zero-order valence-corrected chi connectivity index (χ0v) is 18.5. The molecule has 2 amide bonds. The molecule has 1 saturated heterocycles. The fraction of sp³-hybridized carbons (Fsp3) is 0.500. The van der Waals surface area contributed by atoms with E-state index in [4.69, 9.17) is 0 Å². The lowest BCUT2D eigenvalue weighted by atomic mass is 9.86. The number of fused-ring (bicyclic) bond motifs is 5. The summed E-state index contributed by atoms with van der Waals surface area (Å²) in [5.74, 6) is -0.650. The Bertz CT molecular complexity index is 1150. The van der Waals surface area contributed by atoms with Crippen LogP contribution in [-0.2, 0) is 29.0 Å². The first-order chi connectivity index (χ1) is 16.0. The minimum absolute atomic E-state index is 0.00303. The molecule has 7 nitrogen and oxygen atoms in total. The molecule has 4 atom stereocenters. The van der Waals surface area contributed by atoms with E-state index >= 15 is 0 Å². The van der Waals surface area contributed by atoms with Gasteiger partial charge in [-0.2, -0.15) is 0 Å². The van der Waals surface area contributed by atoms with Gasteiger partial charge in [0.1, 0.15) is 0 Å². The number of aliphatic hydroxyl groups is 1. The van der Waals surface area contributed by atoms with Crippen molar-refractivity contribution in [1.82, 2.24) is 14.8 Å². The highest BCUT2D eigenvalue weighted by Crippen LogP contribution is 2.49. The second kappa shape index (κ2) is 7.83. The predicted molar refractivity (Wildman–Crippen MR) is 121 cm³/mol. The van der Waals surface area contributed by atoms with Gasteiger partial charge in [0.15, 0.2) is 0 Å². The Morgan fingerprint density at radius 1 is 1.03 bits per heavy atom. The van der Waals surface area contributed by atoms with E-state index in [1.807, 2.05) is 23.1 Å². The Balaban J connectivity index is 1.33. The molecular weight excluding hydrogens is 418 g/mol. The maximum absolute atomic E-state index is 13.7. The molecule has 7 heteroatoms. The molecule has 2 aliphatic heterocycles. The van der Waals surface area contributed by atoms with Crippen LogP contribution in [0, 0.1) is 17.8 Å². The van der Waals surface area contributed by atoms with Gasteiger partial charge in [-0.3, -0.25) is 14.4 Å². The van der Waals surface area contributed by atoms with Gasteiger partial charge in [-0.05, 0) is 48.8 Å². The van der Waals surface area contributed by atoms with E-state index in [-0.39, 0.29) is 36.1 Å². The summed E-state index contributed by atoms with van der Waals surface area (Å²) in [5, 5.41) is 13.6. The maximum atomic E-state index is 13.7. The average Bonchev–Trinajstić information content (AvgIpc) is 3.46. The Morgan fingerprint density at radius 2 is 1.76 bits per heavy atom. The van der Waals surface area contributed by atoms with Gasteiger partial charge in [-0.25, -0.2) is 0 Å². The first-order valence-corrected chi connectivity index (χ1v) is 12.0. The third-order valence-electron chi connectivity index (χ3n) is 8.07. The van der Waals surface area contributed by atoms with Crippen molar-refractivity contribution in [3.8, 4) is 0 Å². The van der Waals surface area contributed by atoms with Crippen LogP contribution in [0.25, 0.3) is 0 Å². The van der Waals surface area contributed by atoms with Crippen LogP contribution >= 0.6 is 0 Å². The smallest absolute Gasteiger partial charge is 0.250 e. The minimum atomic E-state index is -0.581. The van der Waals surface area contributed by atoms with Gasteiger partial charge in [0.05, 0.1) is 18.0 Å². The molecule has 3 heterocycles. The van der Waals surface area contributed by atoms with Crippen LogP contribution in [0.1, 0.15) is 42.1 Å². The molecule has 2 fully saturated rings. The van der Waals surface area contributed by atoms with E-state index < -0.39 is 17.9 Å². The van der Waals surface area contributed by atoms with E-state index in [1.165, 1.54) is 17.2 Å². The first kappa shape index (κ1) is 20.7. The highest BCUT2D eigenvalue weighted by Gasteiger charge is 2.57. The number of carbonyl (C=O) groups is 2. The molecule has 172 valence electrons. The summed E-state index contributed by atoms with van der Waals surface area (Å²) >= 11 is 0. The Labute approximate surface area is 192 Å². The van der Waals surface area contributed by atoms with Crippen molar-refractivity contribution in [3.63, 3.8) is 0 Å². The summed E-state index contributed by atoms with van der Waals surface area (Å²) in [6, 6.07) is 12.4. The van der Waals surface area contributed by atoms with Gasteiger partial charge >= 0.3 is 0 Å². The average molecular weight is 448 g/mol.